The maximum absolute atomic E-state index is 10.1. The number of aliphatic hydroxyl groups excluding tert-OH is 1. The molecule has 0 aliphatic heterocycles. The van der Waals surface area contributed by atoms with Crippen molar-refractivity contribution in [1.82, 2.24) is 4.84 Å². The topological polar surface area (TPSA) is 69.6 Å². The number of carbonyl (C=O) groups is 1. The van der Waals surface area contributed by atoms with Gasteiger partial charge < -0.3 is 10.2 Å². The Morgan fingerprint density at radius 1 is 1.78 bits per heavy atom. The van der Waals surface area contributed by atoms with Gasteiger partial charge in [-0.2, -0.15) is 0 Å². The van der Waals surface area contributed by atoms with Crippen molar-refractivity contribution in [2.75, 3.05) is 0 Å². The smallest absolute Gasteiger partial charge is 0.324 e. The van der Waals surface area contributed by atoms with Crippen molar-refractivity contribution in [2.24, 2.45) is 0 Å². The molecule has 0 rings (SSSR count). The summed E-state index contributed by atoms with van der Waals surface area (Å²) in [6.45, 7) is 1.34. The number of carboxylic acid groups (broad SMARTS) is 1. The van der Waals surface area contributed by atoms with Crippen LogP contribution in [-0.4, -0.2) is 28.3 Å². The van der Waals surface area contributed by atoms with Gasteiger partial charge in [0.15, 0.2) is 0 Å². The highest BCUT2D eigenvalue weighted by Gasteiger charge is 2.20. The summed E-state index contributed by atoms with van der Waals surface area (Å²) in [5.41, 5.74) is 0. The van der Waals surface area contributed by atoms with Crippen LogP contribution in [0.5, 0.6) is 0 Å². The molecule has 2 atom stereocenters. The molecule has 0 aromatic rings. The highest BCUT2D eigenvalue weighted by atomic mass is 35.5. The Bertz CT molecular complexity index is 106. The summed E-state index contributed by atoms with van der Waals surface area (Å²) in [6, 6.07) is -1.09. The van der Waals surface area contributed by atoms with Crippen LogP contribution >= 0.6 is 11.8 Å². The van der Waals surface area contributed by atoms with E-state index in [0.29, 0.717) is 0 Å². The van der Waals surface area contributed by atoms with Crippen molar-refractivity contribution in [1.29, 1.82) is 0 Å². The van der Waals surface area contributed by atoms with Crippen LogP contribution < -0.4 is 4.84 Å². The minimum absolute atomic E-state index is 0.986. The summed E-state index contributed by atoms with van der Waals surface area (Å²) >= 11 is 4.97. The Morgan fingerprint density at radius 3 is 2.22 bits per heavy atom. The zero-order valence-electron chi connectivity index (χ0n) is 4.84. The van der Waals surface area contributed by atoms with Crippen molar-refractivity contribution < 1.29 is 15.0 Å². The van der Waals surface area contributed by atoms with Crippen LogP contribution in [0.3, 0.4) is 0 Å². The molecule has 0 aromatic carbocycles. The van der Waals surface area contributed by atoms with E-state index in [0.717, 1.165) is 0 Å². The van der Waals surface area contributed by atoms with Crippen LogP contribution in [0.2, 0.25) is 0 Å². The quantitative estimate of drug-likeness (QED) is 0.481. The molecule has 0 amide bonds. The van der Waals surface area contributed by atoms with Crippen molar-refractivity contribution >= 4 is 17.7 Å². The molecule has 0 fully saturated rings. The van der Waals surface area contributed by atoms with E-state index in [-0.39, 0.29) is 0 Å². The zero-order chi connectivity index (χ0) is 7.44. The largest absolute Gasteiger partial charge is 0.480 e. The highest BCUT2D eigenvalue weighted by Crippen LogP contribution is 1.92. The van der Waals surface area contributed by atoms with Crippen molar-refractivity contribution in [3.8, 4) is 0 Å². The van der Waals surface area contributed by atoms with E-state index in [1.54, 1.807) is 0 Å². The minimum atomic E-state index is -1.17. The summed E-state index contributed by atoms with van der Waals surface area (Å²) in [6.07, 6.45) is -0.986. The van der Waals surface area contributed by atoms with Gasteiger partial charge in [0.1, 0.15) is 6.04 Å². The van der Waals surface area contributed by atoms with Gasteiger partial charge in [0.2, 0.25) is 0 Å². The van der Waals surface area contributed by atoms with Gasteiger partial charge in [-0.25, -0.2) is 4.84 Å². The van der Waals surface area contributed by atoms with Crippen molar-refractivity contribution in [3.05, 3.63) is 0 Å². The van der Waals surface area contributed by atoms with Gasteiger partial charge in [-0.1, -0.05) is 0 Å². The van der Waals surface area contributed by atoms with Crippen LogP contribution in [0.25, 0.3) is 0 Å². The number of hydrogen-bond acceptors (Lipinski definition) is 3. The Labute approximate surface area is 57.5 Å². The van der Waals surface area contributed by atoms with E-state index < -0.39 is 18.1 Å². The molecule has 0 aliphatic rings. The Balaban J connectivity index is 3.83. The van der Waals surface area contributed by atoms with Gasteiger partial charge in [-0.3, -0.25) is 4.79 Å². The number of rotatable bonds is 3. The summed E-state index contributed by atoms with van der Waals surface area (Å²) in [4.78, 5) is 12.0. The lowest BCUT2D eigenvalue weighted by Crippen LogP contribution is -2.40. The molecule has 0 radical (unpaired) electrons. The van der Waals surface area contributed by atoms with Crippen LogP contribution in [-0.2, 0) is 4.79 Å². The Morgan fingerprint density at radius 2 is 2.22 bits per heavy atom. The van der Waals surface area contributed by atoms with Gasteiger partial charge in [0.05, 0.1) is 6.10 Å². The first-order valence-electron chi connectivity index (χ1n) is 2.36. The lowest BCUT2D eigenvalue weighted by molar-refractivity contribution is -0.141. The molecular formula is C4H8ClNO3. The molecule has 0 unspecified atom stereocenters. The molecule has 3 N–H and O–H groups in total. The molecule has 9 heavy (non-hydrogen) atoms. The third-order valence-electron chi connectivity index (χ3n) is 0.866. The SMILES string of the molecule is C[C@@H](O)[C@H](NCl)C(=O)O. The van der Waals surface area contributed by atoms with E-state index in [2.05, 4.69) is 0 Å². The fourth-order valence-corrected chi connectivity index (χ4v) is 0.620. The predicted octanol–water partition coefficient (Wildman–Crippen LogP) is -0.436. The fourth-order valence-electron chi connectivity index (χ4n) is 0.344. The zero-order valence-corrected chi connectivity index (χ0v) is 5.59. The maximum atomic E-state index is 10.1. The first kappa shape index (κ1) is 8.68. The number of aliphatic carboxylic acids is 1. The number of halogens is 1. The van der Waals surface area contributed by atoms with Gasteiger partial charge in [-0.15, -0.1) is 0 Å². The number of carboxylic acids is 1. The molecule has 0 bridgehead atoms. The summed E-state index contributed by atoms with van der Waals surface area (Å²) in [5.74, 6) is -1.17. The number of aliphatic hydroxyl groups is 1. The standard InChI is InChI=1S/C4H8ClNO3/c1-2(7)3(6-5)4(8)9/h2-3,6-7H,1H3,(H,8,9)/t2-,3+/m1/s1. The molecule has 5 heteroatoms. The lowest BCUT2D eigenvalue weighted by atomic mass is 10.2. The van der Waals surface area contributed by atoms with E-state index >= 15 is 0 Å². The van der Waals surface area contributed by atoms with E-state index in [4.69, 9.17) is 22.0 Å². The fraction of sp³-hybridized carbons (Fsp3) is 0.750. The van der Waals surface area contributed by atoms with Crippen LogP contribution in [0.1, 0.15) is 6.92 Å². The maximum Gasteiger partial charge on any atom is 0.324 e. The second-order valence-electron chi connectivity index (χ2n) is 1.67. The molecule has 0 saturated heterocycles. The average Bonchev–Trinajstić information content (AvgIpc) is 1.64. The van der Waals surface area contributed by atoms with E-state index in [9.17, 15) is 4.79 Å². The molecule has 0 saturated carbocycles. The highest BCUT2D eigenvalue weighted by molar-refractivity contribution is 6.14. The Hall–Kier alpha value is -0.320. The van der Waals surface area contributed by atoms with Gasteiger partial charge in [-0.05, 0) is 18.7 Å². The molecule has 0 heterocycles. The van der Waals surface area contributed by atoms with Crippen LogP contribution in [0, 0.1) is 0 Å². The van der Waals surface area contributed by atoms with Crippen molar-refractivity contribution in [2.45, 2.75) is 19.1 Å². The first-order chi connectivity index (χ1) is 4.09. The van der Waals surface area contributed by atoms with Crippen molar-refractivity contribution in [3.63, 3.8) is 0 Å². The predicted molar refractivity (Wildman–Crippen MR) is 32.1 cm³/mol. The summed E-state index contributed by atoms with van der Waals surface area (Å²) < 4.78 is 0. The molecule has 0 aliphatic carbocycles. The van der Waals surface area contributed by atoms with E-state index in [1.807, 2.05) is 4.84 Å². The third-order valence-corrected chi connectivity index (χ3v) is 1.10. The van der Waals surface area contributed by atoms with Crippen LogP contribution in [0.15, 0.2) is 0 Å². The summed E-state index contributed by atoms with van der Waals surface area (Å²) in [5, 5.41) is 16.9. The second kappa shape index (κ2) is 3.66. The Kier molecular flexibility index (Phi) is 3.53. The third kappa shape index (κ3) is 2.64. The molecule has 4 nitrogen and oxygen atoms in total. The second-order valence-corrected chi connectivity index (χ2v) is 1.88. The lowest BCUT2D eigenvalue weighted by Gasteiger charge is -2.10. The number of nitrogens with one attached hydrogen (secondary N) is 1. The molecule has 0 spiro atoms. The van der Waals surface area contributed by atoms with Gasteiger partial charge >= 0.3 is 5.97 Å². The van der Waals surface area contributed by atoms with Gasteiger partial charge in [0.25, 0.3) is 0 Å². The van der Waals surface area contributed by atoms with E-state index in [1.165, 1.54) is 6.92 Å². The molecular weight excluding hydrogens is 146 g/mol. The first-order valence-corrected chi connectivity index (χ1v) is 2.74. The van der Waals surface area contributed by atoms with Gasteiger partial charge in [0, 0.05) is 0 Å². The molecule has 0 aromatic heterocycles. The number of hydrogen-bond donors (Lipinski definition) is 3. The summed E-state index contributed by atoms with van der Waals surface area (Å²) in [7, 11) is 0. The monoisotopic (exact) mass is 153 g/mol. The average molecular weight is 154 g/mol. The molecule has 54 valence electrons. The minimum Gasteiger partial charge on any atom is -0.480 e. The van der Waals surface area contributed by atoms with Crippen LogP contribution in [0.4, 0.5) is 0 Å². The normalized spacial score (nSPS) is 16.8.